The minimum atomic E-state index is -3.45. The molecule has 2 aromatic rings. The molecule has 5 nitrogen and oxygen atoms in total. The van der Waals surface area contributed by atoms with Gasteiger partial charge >= 0.3 is 0 Å². The van der Waals surface area contributed by atoms with Gasteiger partial charge in [-0.1, -0.05) is 32.0 Å². The molecule has 1 amide bonds. The van der Waals surface area contributed by atoms with Crippen LogP contribution in [0.1, 0.15) is 24.3 Å². The van der Waals surface area contributed by atoms with Crippen molar-refractivity contribution in [2.24, 2.45) is 0 Å². The van der Waals surface area contributed by atoms with Crippen LogP contribution in [0.25, 0.3) is 6.08 Å². The minimum Gasteiger partial charge on any atom is -0.352 e. The van der Waals surface area contributed by atoms with Crippen LogP contribution in [0.15, 0.2) is 52.7 Å². The van der Waals surface area contributed by atoms with E-state index in [1.165, 1.54) is 15.3 Å². The fraction of sp³-hybridized carbons (Fsp3) is 0.316. The van der Waals surface area contributed by atoms with Crippen LogP contribution in [0, 0.1) is 0 Å². The molecule has 0 aliphatic carbocycles. The molecule has 0 saturated heterocycles. The molecule has 0 fully saturated rings. The molecule has 26 heavy (non-hydrogen) atoms. The number of rotatable bonds is 9. The second-order valence-corrected chi connectivity index (χ2v) is 8.58. The summed E-state index contributed by atoms with van der Waals surface area (Å²) in [6, 6.07) is 10.6. The molecule has 0 spiro atoms. The number of amides is 1. The molecular weight excluding hydrogens is 368 g/mol. The number of carbonyl (C=O) groups is 1. The Hall–Kier alpha value is -1.96. The summed E-state index contributed by atoms with van der Waals surface area (Å²) in [5, 5.41) is 4.85. The first kappa shape index (κ1) is 20.4. The van der Waals surface area contributed by atoms with Crippen molar-refractivity contribution < 1.29 is 13.2 Å². The average molecular weight is 393 g/mol. The number of sulfonamides is 1. The summed E-state index contributed by atoms with van der Waals surface area (Å²) in [7, 11) is -3.45. The summed E-state index contributed by atoms with van der Waals surface area (Å²) in [5.74, 6) is -0.165. The number of carbonyl (C=O) groups excluding carboxylic acids is 1. The number of nitrogens with zero attached hydrogens (tertiary/aromatic N) is 1. The average Bonchev–Trinajstić information content (AvgIpc) is 3.14. The van der Waals surface area contributed by atoms with Crippen LogP contribution in [0.4, 0.5) is 0 Å². The second-order valence-electron chi connectivity index (χ2n) is 5.61. The van der Waals surface area contributed by atoms with E-state index >= 15 is 0 Å². The highest BCUT2D eigenvalue weighted by Gasteiger charge is 2.20. The van der Waals surface area contributed by atoms with E-state index in [2.05, 4.69) is 5.32 Å². The van der Waals surface area contributed by atoms with Crippen LogP contribution in [0.5, 0.6) is 0 Å². The van der Waals surface area contributed by atoms with Crippen LogP contribution in [-0.2, 0) is 21.2 Å². The fourth-order valence-corrected chi connectivity index (χ4v) is 4.63. The van der Waals surface area contributed by atoms with E-state index in [-0.39, 0.29) is 10.8 Å². The molecule has 1 aromatic heterocycles. The van der Waals surface area contributed by atoms with Gasteiger partial charge in [0.05, 0.1) is 4.90 Å². The van der Waals surface area contributed by atoms with Gasteiger partial charge in [0.15, 0.2) is 0 Å². The first-order valence-corrected chi connectivity index (χ1v) is 10.9. The molecule has 0 radical (unpaired) electrons. The van der Waals surface area contributed by atoms with Gasteiger partial charge in [0, 0.05) is 30.6 Å². The molecule has 0 aliphatic rings. The van der Waals surface area contributed by atoms with Gasteiger partial charge in [0.25, 0.3) is 0 Å². The first-order valence-electron chi connectivity index (χ1n) is 8.56. The molecule has 0 aliphatic heterocycles. The number of hydrogen-bond acceptors (Lipinski definition) is 4. The van der Waals surface area contributed by atoms with E-state index < -0.39 is 10.0 Å². The van der Waals surface area contributed by atoms with E-state index in [0.717, 1.165) is 12.0 Å². The van der Waals surface area contributed by atoms with Gasteiger partial charge in [0.1, 0.15) is 0 Å². The Morgan fingerprint density at radius 2 is 1.85 bits per heavy atom. The molecule has 1 aromatic carbocycles. The van der Waals surface area contributed by atoms with Crippen molar-refractivity contribution in [2.75, 3.05) is 19.6 Å². The third-order valence-electron chi connectivity index (χ3n) is 3.90. The van der Waals surface area contributed by atoms with Gasteiger partial charge in [-0.05, 0) is 41.6 Å². The maximum atomic E-state index is 12.4. The molecule has 2 rings (SSSR count). The summed E-state index contributed by atoms with van der Waals surface area (Å²) in [6.45, 7) is 5.09. The largest absolute Gasteiger partial charge is 0.352 e. The lowest BCUT2D eigenvalue weighted by Crippen LogP contribution is -2.30. The zero-order chi connectivity index (χ0) is 19.0. The lowest BCUT2D eigenvalue weighted by Gasteiger charge is -2.18. The third kappa shape index (κ3) is 5.52. The van der Waals surface area contributed by atoms with Crippen molar-refractivity contribution in [2.45, 2.75) is 25.2 Å². The molecule has 0 atom stereocenters. The summed E-state index contributed by atoms with van der Waals surface area (Å²) in [4.78, 5) is 13.3. The molecule has 1 heterocycles. The van der Waals surface area contributed by atoms with Crippen molar-refractivity contribution in [3.63, 3.8) is 0 Å². The maximum absolute atomic E-state index is 12.4. The number of benzene rings is 1. The predicted octanol–water partition coefficient (Wildman–Crippen LogP) is 3.15. The highest BCUT2D eigenvalue weighted by Crippen LogP contribution is 2.16. The SMILES string of the molecule is CCN(CC)S(=O)(=O)c1ccc(/C=C/C(=O)NCCc2cccs2)cc1. The Kier molecular flexibility index (Phi) is 7.56. The standard InChI is InChI=1S/C19H24N2O3S2/c1-3-21(4-2)26(23,24)18-10-7-16(8-11-18)9-12-19(22)20-14-13-17-6-5-15-25-17/h5-12,15H,3-4,13-14H2,1-2H3,(H,20,22)/b12-9+. The van der Waals surface area contributed by atoms with Crippen LogP contribution in [-0.4, -0.2) is 38.3 Å². The molecule has 0 unspecified atom stereocenters. The predicted molar refractivity (Wildman–Crippen MR) is 107 cm³/mol. The Labute approximate surface area is 159 Å². The number of hydrogen-bond donors (Lipinski definition) is 1. The first-order chi connectivity index (χ1) is 12.5. The Balaban J connectivity index is 1.91. The van der Waals surface area contributed by atoms with Crippen LogP contribution < -0.4 is 5.32 Å². The minimum absolute atomic E-state index is 0.165. The van der Waals surface area contributed by atoms with Gasteiger partial charge in [-0.2, -0.15) is 4.31 Å². The zero-order valence-corrected chi connectivity index (χ0v) is 16.6. The Bertz CT molecular complexity index is 822. The smallest absolute Gasteiger partial charge is 0.244 e. The van der Waals surface area contributed by atoms with Crippen LogP contribution in [0.2, 0.25) is 0 Å². The summed E-state index contributed by atoms with van der Waals surface area (Å²) in [5.41, 5.74) is 0.775. The van der Waals surface area contributed by atoms with Gasteiger partial charge < -0.3 is 5.32 Å². The highest BCUT2D eigenvalue weighted by molar-refractivity contribution is 7.89. The quantitative estimate of drug-likeness (QED) is 0.667. The van der Waals surface area contributed by atoms with Gasteiger partial charge in [-0.3, -0.25) is 4.79 Å². The van der Waals surface area contributed by atoms with Crippen molar-refractivity contribution in [3.05, 3.63) is 58.3 Å². The fourth-order valence-electron chi connectivity index (χ4n) is 2.46. The van der Waals surface area contributed by atoms with Crippen LogP contribution >= 0.6 is 11.3 Å². The normalized spacial score (nSPS) is 12.0. The molecule has 140 valence electrons. The number of thiophene rings is 1. The molecule has 7 heteroatoms. The number of nitrogens with one attached hydrogen (secondary N) is 1. The van der Waals surface area contributed by atoms with Gasteiger partial charge in [0.2, 0.25) is 15.9 Å². The molecule has 1 N–H and O–H groups in total. The van der Waals surface area contributed by atoms with E-state index in [1.54, 1.807) is 41.7 Å². The van der Waals surface area contributed by atoms with E-state index in [1.807, 2.05) is 31.4 Å². The summed E-state index contributed by atoms with van der Waals surface area (Å²) < 4.78 is 26.3. The van der Waals surface area contributed by atoms with Crippen LogP contribution in [0.3, 0.4) is 0 Å². The van der Waals surface area contributed by atoms with E-state index in [9.17, 15) is 13.2 Å². The third-order valence-corrected chi connectivity index (χ3v) is 6.90. The topological polar surface area (TPSA) is 66.5 Å². The summed E-state index contributed by atoms with van der Waals surface area (Å²) >= 11 is 1.67. The lowest BCUT2D eigenvalue weighted by atomic mass is 10.2. The second kappa shape index (κ2) is 9.66. The van der Waals surface area contributed by atoms with Gasteiger partial charge in [-0.15, -0.1) is 11.3 Å². The molecule has 0 bridgehead atoms. The van der Waals surface area contributed by atoms with Crippen molar-refractivity contribution in [1.82, 2.24) is 9.62 Å². The molecular formula is C19H24N2O3S2. The van der Waals surface area contributed by atoms with Crippen molar-refractivity contribution >= 4 is 33.3 Å². The summed E-state index contributed by atoms with van der Waals surface area (Å²) in [6.07, 6.45) is 3.95. The lowest BCUT2D eigenvalue weighted by molar-refractivity contribution is -0.116. The van der Waals surface area contributed by atoms with Crippen molar-refractivity contribution in [3.8, 4) is 0 Å². The molecule has 0 saturated carbocycles. The zero-order valence-electron chi connectivity index (χ0n) is 15.0. The van der Waals surface area contributed by atoms with E-state index in [0.29, 0.717) is 19.6 Å². The monoisotopic (exact) mass is 392 g/mol. The maximum Gasteiger partial charge on any atom is 0.244 e. The van der Waals surface area contributed by atoms with E-state index in [4.69, 9.17) is 0 Å². The Morgan fingerprint density at radius 1 is 1.15 bits per heavy atom. The highest BCUT2D eigenvalue weighted by atomic mass is 32.2. The Morgan fingerprint density at radius 3 is 2.42 bits per heavy atom. The van der Waals surface area contributed by atoms with Gasteiger partial charge in [-0.25, -0.2) is 8.42 Å². The van der Waals surface area contributed by atoms with Crippen molar-refractivity contribution in [1.29, 1.82) is 0 Å².